The molecule has 6 atom stereocenters. The van der Waals surface area contributed by atoms with Crippen LogP contribution in [0.15, 0.2) is 145 Å². The van der Waals surface area contributed by atoms with Crippen molar-refractivity contribution in [2.45, 2.75) is 241 Å². The van der Waals surface area contributed by atoms with Gasteiger partial charge in [-0.3, -0.25) is 0 Å². The number of rotatable bonds is 37. The summed E-state index contributed by atoms with van der Waals surface area (Å²) in [5.41, 5.74) is 7.38. The Labute approximate surface area is 753 Å². The molecule has 24 heteroatoms. The first-order valence-electron chi connectivity index (χ1n) is 42.5. The van der Waals surface area contributed by atoms with Gasteiger partial charge in [0.15, 0.2) is 0 Å². The SMILES string of the molecule is CCCCCCSC1=C(SCCCCCC)SC(=C2SC3=CC4Nc5c(c6ccc7c8c(c9ccc%10c%11c(c%12ccc5c5c%12c%10c9c7c65)NC5C=C6SC(=C7SC(SCCCCCC)=C(SCCCCCC)S7)SC6=CC5N%11)NC5C=C6SC(C7SC(SCCCCCC)=C(SCCCCCC)S7)SC6=CC5N8)NC4C=C3S2)S1. The second-order valence-corrected chi connectivity index (χ2v) is 54.3. The first kappa shape index (κ1) is 82.7. The minimum absolute atomic E-state index is 0.0885. The lowest BCUT2D eigenvalue weighted by molar-refractivity contribution is 0.707. The van der Waals surface area contributed by atoms with E-state index in [4.69, 9.17) is 0 Å². The highest BCUT2D eigenvalue weighted by Gasteiger charge is 2.46. The molecular formula is C90H104N6S18. The van der Waals surface area contributed by atoms with E-state index < -0.39 is 0 Å². The van der Waals surface area contributed by atoms with Crippen LogP contribution in [-0.2, 0) is 0 Å². The van der Waals surface area contributed by atoms with Gasteiger partial charge in [-0.2, -0.15) is 0 Å². The van der Waals surface area contributed by atoms with Gasteiger partial charge in [-0.25, -0.2) is 0 Å². The van der Waals surface area contributed by atoms with Gasteiger partial charge >= 0.3 is 0 Å². The van der Waals surface area contributed by atoms with Gasteiger partial charge in [0.2, 0.25) is 0 Å². The summed E-state index contributed by atoms with van der Waals surface area (Å²) in [5, 5.41) is 42.3. The van der Waals surface area contributed by atoms with Crippen LogP contribution >= 0.6 is 212 Å². The molecule has 12 aliphatic rings. The van der Waals surface area contributed by atoms with E-state index in [2.05, 4.69) is 311 Å². The second-order valence-electron chi connectivity index (χ2n) is 31.5. The maximum Gasteiger partial charge on any atom is 0.0824 e. The van der Waals surface area contributed by atoms with E-state index in [-0.39, 0.29) is 36.3 Å². The van der Waals surface area contributed by atoms with Gasteiger partial charge in [0.1, 0.15) is 0 Å². The van der Waals surface area contributed by atoms with Crippen molar-refractivity contribution in [3.8, 4) is 0 Å². The van der Waals surface area contributed by atoms with Crippen LogP contribution in [0.3, 0.4) is 0 Å². The molecule has 602 valence electrons. The summed E-state index contributed by atoms with van der Waals surface area (Å²) in [5.74, 6) is 7.33. The Morgan fingerprint density at radius 3 is 0.658 bits per heavy atom. The summed E-state index contributed by atoms with van der Waals surface area (Å²) in [6, 6.07) is 15.6. The molecule has 9 aliphatic heterocycles. The Morgan fingerprint density at radius 1 is 0.228 bits per heavy atom. The molecule has 7 aromatic carbocycles. The molecule has 0 aromatic heterocycles. The third kappa shape index (κ3) is 16.7. The van der Waals surface area contributed by atoms with Crippen LogP contribution in [0.5, 0.6) is 0 Å². The molecule has 0 spiro atoms. The topological polar surface area (TPSA) is 72.2 Å². The first-order chi connectivity index (χ1) is 56.2. The van der Waals surface area contributed by atoms with E-state index in [1.165, 1.54) is 334 Å². The Balaban J connectivity index is 0.665. The summed E-state index contributed by atoms with van der Waals surface area (Å²) in [6.07, 6.45) is 47.2. The Morgan fingerprint density at radius 2 is 0.430 bits per heavy atom. The predicted molar refractivity (Wildman–Crippen MR) is 551 cm³/mol. The fourth-order valence-corrected chi connectivity index (χ4v) is 45.6. The monoisotopic (exact) mass is 1840 g/mol. The molecule has 0 bridgehead atoms. The molecule has 6 unspecified atom stereocenters. The highest BCUT2D eigenvalue weighted by molar-refractivity contribution is 8.44. The lowest BCUT2D eigenvalue weighted by Crippen LogP contribution is -2.42. The van der Waals surface area contributed by atoms with Gasteiger partial charge in [0.25, 0.3) is 0 Å². The minimum atomic E-state index is 0.0885. The van der Waals surface area contributed by atoms with Crippen LogP contribution < -0.4 is 31.9 Å². The molecule has 0 radical (unpaired) electrons. The van der Waals surface area contributed by atoms with Crippen LogP contribution in [0.2, 0.25) is 0 Å². The normalized spacial score (nSPS) is 23.6. The number of fused-ring (bicyclic) bond motifs is 15. The summed E-state index contributed by atoms with van der Waals surface area (Å²) in [6.45, 7) is 14.0. The van der Waals surface area contributed by atoms with Gasteiger partial charge in [0.05, 0.1) is 122 Å². The fourth-order valence-electron chi connectivity index (χ4n) is 17.6. The van der Waals surface area contributed by atoms with Crippen molar-refractivity contribution in [3.63, 3.8) is 0 Å². The molecule has 7 aromatic rings. The Bertz CT molecular complexity index is 4830. The molecular weight excluding hydrogens is 1740 g/mol. The van der Waals surface area contributed by atoms with Gasteiger partial charge in [0, 0.05) is 94.1 Å². The number of hydrogen-bond acceptors (Lipinski definition) is 24. The third-order valence-corrected chi connectivity index (χ3v) is 50.7. The zero-order valence-corrected chi connectivity index (χ0v) is 80.8. The highest BCUT2D eigenvalue weighted by atomic mass is 32.3. The molecule has 6 N–H and O–H groups in total. The quantitative estimate of drug-likeness (QED) is 0.0127. The van der Waals surface area contributed by atoms with E-state index in [1.54, 1.807) is 25.4 Å². The van der Waals surface area contributed by atoms with Crippen LogP contribution in [-0.4, -0.2) is 79.9 Å². The second kappa shape index (κ2) is 37.9. The van der Waals surface area contributed by atoms with Crippen LogP contribution in [0.25, 0.3) is 64.6 Å². The fraction of sp³-hybridized carbons (Fsp3) is 0.489. The summed E-state index contributed by atoms with van der Waals surface area (Å²) < 4.78 is 16.2. The average Bonchev–Trinajstić information content (AvgIpc) is 1.07. The summed E-state index contributed by atoms with van der Waals surface area (Å²) >= 11 is 37.9. The number of nitrogens with one attached hydrogen (secondary N) is 6. The molecule has 0 saturated carbocycles. The van der Waals surface area contributed by atoms with Crippen molar-refractivity contribution in [1.82, 2.24) is 0 Å². The maximum absolute atomic E-state index is 4.37. The lowest BCUT2D eigenvalue weighted by Gasteiger charge is -2.40. The number of thioether (sulfide) groups is 18. The molecule has 0 amide bonds. The van der Waals surface area contributed by atoms with Crippen molar-refractivity contribution in [3.05, 3.63) is 145 Å². The molecule has 3 saturated heterocycles. The van der Waals surface area contributed by atoms with E-state index in [0.29, 0.717) is 9.16 Å². The van der Waals surface area contributed by atoms with Gasteiger partial charge < -0.3 is 31.9 Å². The smallest absolute Gasteiger partial charge is 0.0824 e. The van der Waals surface area contributed by atoms with E-state index in [0.717, 1.165) is 0 Å². The number of anilines is 6. The minimum Gasteiger partial charge on any atom is -0.374 e. The number of unbranched alkanes of at least 4 members (excludes halogenated alkanes) is 18. The third-order valence-electron chi connectivity index (χ3n) is 23.4. The maximum atomic E-state index is 4.37. The van der Waals surface area contributed by atoms with Crippen LogP contribution in [0, 0.1) is 0 Å². The number of hydrogen-bond donors (Lipinski definition) is 6. The van der Waals surface area contributed by atoms with Gasteiger partial charge in [-0.15, -0.1) is 118 Å². The standard InChI is InChI=1S/C90H104N6S18/c1-7-13-19-25-37-97-79-80(98-38-26-20-14-8-2)110-88(109-79)85-103-61-43-55-56(44-62(61)104-85)92-74-50-32-34-52-70-68(50)67-49(73(74)91-55)31-33-51-69(67)71-53(77-75(51)93-57-45-63-65(47-59(57)95-77)107-86(105-63)89-111-81(99-39-27-21-15-9-3)82(112-89)100-40-28-22-16-10-4)35-36-54(72(70)71)78-76(52)94-58-46-64-66(48-60(58)96-78)108-87(106-64)90-113-83(101-41-29-23-17-11-5)84(114-90)102-42-30-24-18-12-6/h31-36,43-48,55-60,85,88,91-96H,7-30,37-42H2,1-6H3. The molecule has 3 fully saturated rings. The van der Waals surface area contributed by atoms with E-state index in [1.807, 2.05) is 47.0 Å². The van der Waals surface area contributed by atoms with Crippen molar-refractivity contribution < 1.29 is 0 Å². The van der Waals surface area contributed by atoms with E-state index in [9.17, 15) is 0 Å². The number of benzene rings is 7. The van der Waals surface area contributed by atoms with Gasteiger partial charge in [-0.05, 0) is 109 Å². The van der Waals surface area contributed by atoms with Crippen LogP contribution in [0.1, 0.15) is 196 Å². The van der Waals surface area contributed by atoms with Crippen LogP contribution in [0.4, 0.5) is 34.1 Å². The molecule has 114 heavy (non-hydrogen) atoms. The highest BCUT2D eigenvalue weighted by Crippen LogP contribution is 2.70. The van der Waals surface area contributed by atoms with Crippen molar-refractivity contribution in [1.29, 1.82) is 0 Å². The lowest BCUT2D eigenvalue weighted by atomic mass is 9.78. The zero-order chi connectivity index (χ0) is 76.9. The van der Waals surface area contributed by atoms with Crippen molar-refractivity contribution >= 4 is 310 Å². The Hall–Kier alpha value is -0.880. The Kier molecular flexibility index (Phi) is 27.5. The molecule has 19 rings (SSSR count). The molecule has 6 nitrogen and oxygen atoms in total. The zero-order valence-electron chi connectivity index (χ0n) is 66.1. The average molecular weight is 1850 g/mol. The molecule has 9 heterocycles. The van der Waals surface area contributed by atoms with E-state index >= 15 is 0 Å². The first-order valence-corrected chi connectivity index (χ1v) is 58.5. The van der Waals surface area contributed by atoms with Crippen molar-refractivity contribution in [2.24, 2.45) is 0 Å². The summed E-state index contributed by atoms with van der Waals surface area (Å²) in [4.78, 5) is 8.53. The predicted octanol–water partition coefficient (Wildman–Crippen LogP) is 34.0. The van der Waals surface area contributed by atoms with Gasteiger partial charge in [-0.1, -0.05) is 288 Å². The van der Waals surface area contributed by atoms with Crippen molar-refractivity contribution in [2.75, 3.05) is 66.4 Å². The largest absolute Gasteiger partial charge is 0.374 e. The summed E-state index contributed by atoms with van der Waals surface area (Å²) in [7, 11) is 0. The molecule has 3 aliphatic carbocycles.